The normalized spacial score (nSPS) is 20.9. The van der Waals surface area contributed by atoms with Crippen molar-refractivity contribution in [2.45, 2.75) is 31.7 Å². The Balaban J connectivity index is 1.55. The fourth-order valence-electron chi connectivity index (χ4n) is 4.16. The summed E-state index contributed by atoms with van der Waals surface area (Å²) >= 11 is 1.44. The number of morpholine rings is 1. The molecule has 156 valence electrons. The summed E-state index contributed by atoms with van der Waals surface area (Å²) in [7, 11) is 0. The number of nitrogens with zero attached hydrogens (tertiary/aromatic N) is 5. The molecule has 2 aromatic heterocycles. The van der Waals surface area contributed by atoms with E-state index in [-0.39, 0.29) is 30.4 Å². The first-order chi connectivity index (χ1) is 14.4. The fraction of sp³-hybridized carbons (Fsp3) is 0.368. The van der Waals surface area contributed by atoms with Crippen LogP contribution in [0.3, 0.4) is 0 Å². The van der Waals surface area contributed by atoms with Gasteiger partial charge in [0.05, 0.1) is 30.3 Å². The number of rotatable bonds is 2. The molecule has 30 heavy (non-hydrogen) atoms. The number of fused-ring (bicyclic) bond motifs is 4. The molecule has 2 aliphatic rings. The zero-order valence-corrected chi connectivity index (χ0v) is 16.6. The first-order valence-corrected chi connectivity index (χ1v) is 10.2. The molecule has 1 saturated heterocycles. The molecule has 1 amide bonds. The van der Waals surface area contributed by atoms with Crippen LogP contribution < -0.4 is 0 Å². The minimum atomic E-state index is -4.52. The van der Waals surface area contributed by atoms with Crippen molar-refractivity contribution < 1.29 is 22.7 Å². The highest BCUT2D eigenvalue weighted by atomic mass is 32.1. The van der Waals surface area contributed by atoms with Gasteiger partial charge in [0.2, 0.25) is 0 Å². The average Bonchev–Trinajstić information content (AvgIpc) is 3.35. The summed E-state index contributed by atoms with van der Waals surface area (Å²) in [5, 5.41) is 10.4. The average molecular weight is 435 g/mol. The molecule has 5 rings (SSSR count). The Morgan fingerprint density at radius 2 is 2.10 bits per heavy atom. The second kappa shape index (κ2) is 6.88. The standard InChI is InChI=1S/C19H16F3N5O2S/c1-10-12(3-2-4-13(10)19(20,21)22)18(28)27-11-5-26-16(14-8-30-9-23-14)24-25-17(26)15(27)7-29-6-11/h2-4,8-9,11,15H,5-7H2,1H3/t11-,15-/m1/s1. The lowest BCUT2D eigenvalue weighted by atomic mass is 9.97. The first kappa shape index (κ1) is 19.2. The van der Waals surface area contributed by atoms with Crippen LogP contribution in [0.1, 0.15) is 33.4 Å². The summed E-state index contributed by atoms with van der Waals surface area (Å²) < 4.78 is 47.6. The molecule has 7 nitrogen and oxygen atoms in total. The van der Waals surface area contributed by atoms with Gasteiger partial charge in [0.1, 0.15) is 11.7 Å². The number of hydrogen-bond donors (Lipinski definition) is 0. The highest BCUT2D eigenvalue weighted by Crippen LogP contribution is 2.38. The van der Waals surface area contributed by atoms with E-state index in [0.29, 0.717) is 23.9 Å². The van der Waals surface area contributed by atoms with Crippen LogP contribution in [-0.2, 0) is 17.5 Å². The maximum absolute atomic E-state index is 13.4. The van der Waals surface area contributed by atoms with Gasteiger partial charge in [-0.15, -0.1) is 21.5 Å². The van der Waals surface area contributed by atoms with Crippen LogP contribution >= 0.6 is 11.3 Å². The van der Waals surface area contributed by atoms with Crippen LogP contribution in [0.5, 0.6) is 0 Å². The zero-order chi connectivity index (χ0) is 21.0. The summed E-state index contributed by atoms with van der Waals surface area (Å²) in [6.07, 6.45) is -4.52. The van der Waals surface area contributed by atoms with E-state index in [1.807, 2.05) is 9.95 Å². The second-order valence-corrected chi connectivity index (χ2v) is 7.98. The quantitative estimate of drug-likeness (QED) is 0.618. The number of carbonyl (C=O) groups is 1. The van der Waals surface area contributed by atoms with Crippen molar-refractivity contribution in [2.75, 3.05) is 13.2 Å². The Morgan fingerprint density at radius 1 is 1.27 bits per heavy atom. The van der Waals surface area contributed by atoms with Gasteiger partial charge in [0.15, 0.2) is 11.6 Å². The summed E-state index contributed by atoms with van der Waals surface area (Å²) in [5.41, 5.74) is 1.56. The van der Waals surface area contributed by atoms with E-state index in [4.69, 9.17) is 4.74 Å². The third-order valence-electron chi connectivity index (χ3n) is 5.55. The molecule has 11 heteroatoms. The maximum atomic E-state index is 13.4. The van der Waals surface area contributed by atoms with Gasteiger partial charge in [-0.1, -0.05) is 6.07 Å². The van der Waals surface area contributed by atoms with Crippen LogP contribution in [0.2, 0.25) is 0 Å². The van der Waals surface area contributed by atoms with Crippen molar-refractivity contribution >= 4 is 17.2 Å². The number of thiazole rings is 1. The Labute approximate surface area is 173 Å². The predicted molar refractivity (Wildman–Crippen MR) is 101 cm³/mol. The molecule has 2 aliphatic heterocycles. The number of carbonyl (C=O) groups excluding carboxylic acids is 1. The van der Waals surface area contributed by atoms with E-state index in [0.717, 1.165) is 6.07 Å². The number of aromatic nitrogens is 4. The smallest absolute Gasteiger partial charge is 0.377 e. The number of benzene rings is 1. The van der Waals surface area contributed by atoms with Gasteiger partial charge < -0.3 is 14.2 Å². The second-order valence-electron chi connectivity index (χ2n) is 7.26. The highest BCUT2D eigenvalue weighted by molar-refractivity contribution is 7.07. The lowest BCUT2D eigenvalue weighted by molar-refractivity contribution is -0.138. The molecule has 1 fully saturated rings. The van der Waals surface area contributed by atoms with Gasteiger partial charge in [-0.05, 0) is 24.6 Å². The van der Waals surface area contributed by atoms with Crippen molar-refractivity contribution in [1.29, 1.82) is 0 Å². The van der Waals surface area contributed by atoms with Crippen LogP contribution in [-0.4, -0.2) is 49.8 Å². The molecule has 0 radical (unpaired) electrons. The predicted octanol–water partition coefficient (Wildman–Crippen LogP) is 3.32. The van der Waals surface area contributed by atoms with Crippen molar-refractivity contribution in [3.8, 4) is 11.5 Å². The van der Waals surface area contributed by atoms with E-state index < -0.39 is 23.7 Å². The molecule has 0 N–H and O–H groups in total. The largest absolute Gasteiger partial charge is 0.416 e. The molecule has 0 aliphatic carbocycles. The first-order valence-electron chi connectivity index (χ1n) is 9.25. The SMILES string of the molecule is Cc1c(C(=O)N2[C@H]3COC[C@@H]2c2nnc(-c4cscn4)n2C3)cccc1C(F)(F)F. The molecule has 0 unspecified atom stereocenters. The van der Waals surface area contributed by atoms with Crippen LogP contribution in [0, 0.1) is 6.92 Å². The van der Waals surface area contributed by atoms with Crippen molar-refractivity contribution in [2.24, 2.45) is 0 Å². The molecule has 1 aromatic carbocycles. The fourth-order valence-corrected chi connectivity index (χ4v) is 4.69. The molecule has 0 spiro atoms. The number of ether oxygens (including phenoxy) is 1. The lowest BCUT2D eigenvalue weighted by Gasteiger charge is -2.45. The van der Waals surface area contributed by atoms with Crippen LogP contribution in [0.4, 0.5) is 13.2 Å². The Hall–Kier alpha value is -2.79. The zero-order valence-electron chi connectivity index (χ0n) is 15.8. The van der Waals surface area contributed by atoms with E-state index in [2.05, 4.69) is 15.2 Å². The van der Waals surface area contributed by atoms with E-state index in [1.54, 1.807) is 10.4 Å². The minimum Gasteiger partial charge on any atom is -0.377 e. The Morgan fingerprint density at radius 3 is 2.83 bits per heavy atom. The topological polar surface area (TPSA) is 73.1 Å². The summed E-state index contributed by atoms with van der Waals surface area (Å²) in [6, 6.07) is 2.82. The molecule has 2 bridgehead atoms. The van der Waals surface area contributed by atoms with Crippen LogP contribution in [0.25, 0.3) is 11.5 Å². The van der Waals surface area contributed by atoms with E-state index in [1.165, 1.54) is 30.4 Å². The third kappa shape index (κ3) is 2.91. The monoisotopic (exact) mass is 435 g/mol. The third-order valence-corrected chi connectivity index (χ3v) is 6.14. The number of halogens is 3. The van der Waals surface area contributed by atoms with Gasteiger partial charge in [0, 0.05) is 17.5 Å². The van der Waals surface area contributed by atoms with E-state index >= 15 is 0 Å². The molecular weight excluding hydrogens is 419 g/mol. The number of hydrogen-bond acceptors (Lipinski definition) is 6. The highest BCUT2D eigenvalue weighted by Gasteiger charge is 2.45. The molecule has 3 aromatic rings. The van der Waals surface area contributed by atoms with Gasteiger partial charge >= 0.3 is 6.18 Å². The molecular formula is C19H16F3N5O2S. The summed E-state index contributed by atoms with van der Waals surface area (Å²) in [5.74, 6) is 0.707. The molecule has 4 heterocycles. The number of amides is 1. The van der Waals surface area contributed by atoms with E-state index in [9.17, 15) is 18.0 Å². The lowest BCUT2D eigenvalue weighted by Crippen LogP contribution is -2.56. The van der Waals surface area contributed by atoms with Crippen molar-refractivity contribution in [3.63, 3.8) is 0 Å². The van der Waals surface area contributed by atoms with Crippen molar-refractivity contribution in [1.82, 2.24) is 24.6 Å². The molecule has 2 atom stereocenters. The maximum Gasteiger partial charge on any atom is 0.416 e. The Kier molecular flexibility index (Phi) is 4.40. The van der Waals surface area contributed by atoms with Gasteiger partial charge in [0.25, 0.3) is 5.91 Å². The van der Waals surface area contributed by atoms with Gasteiger partial charge in [-0.3, -0.25) is 4.79 Å². The number of alkyl halides is 3. The summed E-state index contributed by atoms with van der Waals surface area (Å²) in [4.78, 5) is 19.3. The summed E-state index contributed by atoms with van der Waals surface area (Å²) in [6.45, 7) is 2.20. The Bertz CT molecular complexity index is 1110. The van der Waals surface area contributed by atoms with Crippen LogP contribution in [0.15, 0.2) is 29.1 Å². The molecule has 0 saturated carbocycles. The van der Waals surface area contributed by atoms with Crippen molar-refractivity contribution in [3.05, 3.63) is 51.6 Å². The minimum absolute atomic E-state index is 0.0365. The van der Waals surface area contributed by atoms with Gasteiger partial charge in [-0.2, -0.15) is 13.2 Å². The van der Waals surface area contributed by atoms with Gasteiger partial charge in [-0.25, -0.2) is 4.98 Å².